The van der Waals surface area contributed by atoms with E-state index in [0.29, 0.717) is 13.2 Å². The standard InChI is InChI=1S/C19H18O2/c1-15-9-11-17(12-10-15)20-13-14-21-19-8-4-6-16-5-2-3-7-18(16)19/h2-12H,13-14H2,1H3. The summed E-state index contributed by atoms with van der Waals surface area (Å²) < 4.78 is 11.5. The third kappa shape index (κ3) is 3.34. The molecule has 0 fully saturated rings. The minimum absolute atomic E-state index is 0.530. The van der Waals surface area contributed by atoms with Crippen LogP contribution in [0.1, 0.15) is 5.56 Å². The van der Waals surface area contributed by atoms with Gasteiger partial charge < -0.3 is 9.47 Å². The molecule has 0 bridgehead atoms. The van der Waals surface area contributed by atoms with E-state index in [2.05, 4.69) is 25.1 Å². The molecule has 3 rings (SSSR count). The Hall–Kier alpha value is -2.48. The van der Waals surface area contributed by atoms with E-state index >= 15 is 0 Å². The van der Waals surface area contributed by atoms with Crippen molar-refractivity contribution in [1.29, 1.82) is 0 Å². The Labute approximate surface area is 124 Å². The van der Waals surface area contributed by atoms with Crippen LogP contribution in [0.5, 0.6) is 11.5 Å². The summed E-state index contributed by atoms with van der Waals surface area (Å²) in [6.45, 7) is 3.13. The van der Waals surface area contributed by atoms with Gasteiger partial charge in [0.25, 0.3) is 0 Å². The average molecular weight is 278 g/mol. The lowest BCUT2D eigenvalue weighted by Gasteiger charge is -2.10. The molecule has 2 heteroatoms. The topological polar surface area (TPSA) is 18.5 Å². The molecule has 0 aliphatic carbocycles. The lowest BCUT2D eigenvalue weighted by Crippen LogP contribution is -2.09. The van der Waals surface area contributed by atoms with Crippen molar-refractivity contribution in [2.24, 2.45) is 0 Å². The third-order valence-corrected chi connectivity index (χ3v) is 3.38. The SMILES string of the molecule is Cc1ccc(OCCOc2cccc3ccccc23)cc1. The van der Waals surface area contributed by atoms with Gasteiger partial charge in [-0.2, -0.15) is 0 Å². The molecule has 0 amide bonds. The van der Waals surface area contributed by atoms with E-state index in [4.69, 9.17) is 9.47 Å². The largest absolute Gasteiger partial charge is 0.490 e. The summed E-state index contributed by atoms with van der Waals surface area (Å²) in [6, 6.07) is 22.4. The molecule has 0 aliphatic rings. The summed E-state index contributed by atoms with van der Waals surface area (Å²) in [5.74, 6) is 1.78. The maximum absolute atomic E-state index is 5.84. The van der Waals surface area contributed by atoms with Crippen molar-refractivity contribution in [3.05, 3.63) is 72.3 Å². The first-order valence-corrected chi connectivity index (χ1v) is 7.13. The van der Waals surface area contributed by atoms with Gasteiger partial charge in [0.05, 0.1) is 0 Å². The number of fused-ring (bicyclic) bond motifs is 1. The van der Waals surface area contributed by atoms with Gasteiger partial charge in [0.1, 0.15) is 24.7 Å². The molecular formula is C19H18O2. The monoisotopic (exact) mass is 278 g/mol. The van der Waals surface area contributed by atoms with Gasteiger partial charge in [-0.3, -0.25) is 0 Å². The first kappa shape index (κ1) is 13.5. The van der Waals surface area contributed by atoms with Crippen LogP contribution in [0.3, 0.4) is 0 Å². The van der Waals surface area contributed by atoms with Crippen molar-refractivity contribution in [3.63, 3.8) is 0 Å². The molecule has 0 unspecified atom stereocenters. The van der Waals surface area contributed by atoms with E-state index in [1.807, 2.05) is 48.5 Å². The quantitative estimate of drug-likeness (QED) is 0.635. The highest BCUT2D eigenvalue weighted by Gasteiger charge is 2.01. The molecule has 0 aromatic heterocycles. The van der Waals surface area contributed by atoms with Crippen LogP contribution >= 0.6 is 0 Å². The number of hydrogen-bond donors (Lipinski definition) is 0. The fraction of sp³-hybridized carbons (Fsp3) is 0.158. The van der Waals surface area contributed by atoms with Crippen LogP contribution in [0.15, 0.2) is 66.7 Å². The lowest BCUT2D eigenvalue weighted by atomic mass is 10.1. The molecule has 21 heavy (non-hydrogen) atoms. The molecule has 0 saturated carbocycles. The summed E-state index contributed by atoms with van der Waals surface area (Å²) >= 11 is 0. The molecule has 0 heterocycles. The van der Waals surface area contributed by atoms with Gasteiger partial charge in [-0.15, -0.1) is 0 Å². The van der Waals surface area contributed by atoms with E-state index in [9.17, 15) is 0 Å². The van der Waals surface area contributed by atoms with Gasteiger partial charge in [-0.1, -0.05) is 54.1 Å². The number of rotatable bonds is 5. The van der Waals surface area contributed by atoms with Crippen LogP contribution < -0.4 is 9.47 Å². The minimum Gasteiger partial charge on any atom is -0.490 e. The maximum Gasteiger partial charge on any atom is 0.127 e. The van der Waals surface area contributed by atoms with Crippen molar-refractivity contribution in [1.82, 2.24) is 0 Å². The van der Waals surface area contributed by atoms with E-state index in [1.165, 1.54) is 10.9 Å². The van der Waals surface area contributed by atoms with Crippen molar-refractivity contribution in [2.75, 3.05) is 13.2 Å². The van der Waals surface area contributed by atoms with Crippen LogP contribution in [0, 0.1) is 6.92 Å². The second-order valence-corrected chi connectivity index (χ2v) is 4.99. The zero-order valence-electron chi connectivity index (χ0n) is 12.1. The van der Waals surface area contributed by atoms with Crippen LogP contribution in [-0.4, -0.2) is 13.2 Å². The highest BCUT2D eigenvalue weighted by Crippen LogP contribution is 2.25. The van der Waals surface area contributed by atoms with Crippen LogP contribution in [0.2, 0.25) is 0 Å². The first-order chi connectivity index (χ1) is 10.3. The number of hydrogen-bond acceptors (Lipinski definition) is 2. The molecule has 0 saturated heterocycles. The molecule has 0 atom stereocenters. The molecule has 0 radical (unpaired) electrons. The Morgan fingerprint density at radius 3 is 2.29 bits per heavy atom. The van der Waals surface area contributed by atoms with Gasteiger partial charge in [-0.05, 0) is 30.5 Å². The van der Waals surface area contributed by atoms with Crippen molar-refractivity contribution >= 4 is 10.8 Å². The first-order valence-electron chi connectivity index (χ1n) is 7.13. The Morgan fingerprint density at radius 1 is 0.714 bits per heavy atom. The fourth-order valence-corrected chi connectivity index (χ4v) is 2.27. The van der Waals surface area contributed by atoms with Crippen LogP contribution in [-0.2, 0) is 0 Å². The van der Waals surface area contributed by atoms with Gasteiger partial charge in [-0.25, -0.2) is 0 Å². The predicted octanol–water partition coefficient (Wildman–Crippen LogP) is 4.61. The fourth-order valence-electron chi connectivity index (χ4n) is 2.27. The Balaban J connectivity index is 1.58. The summed E-state index contributed by atoms with van der Waals surface area (Å²) in [5, 5.41) is 2.32. The van der Waals surface area contributed by atoms with Crippen LogP contribution in [0.25, 0.3) is 10.8 Å². The van der Waals surface area contributed by atoms with Crippen molar-refractivity contribution in [2.45, 2.75) is 6.92 Å². The van der Waals surface area contributed by atoms with Crippen molar-refractivity contribution in [3.8, 4) is 11.5 Å². The molecular weight excluding hydrogens is 260 g/mol. The number of ether oxygens (including phenoxy) is 2. The zero-order valence-corrected chi connectivity index (χ0v) is 12.1. The highest BCUT2D eigenvalue weighted by molar-refractivity contribution is 5.88. The Bertz CT molecular complexity index is 712. The molecule has 0 N–H and O–H groups in total. The summed E-state index contributed by atoms with van der Waals surface area (Å²) in [4.78, 5) is 0. The lowest BCUT2D eigenvalue weighted by molar-refractivity contribution is 0.218. The van der Waals surface area contributed by atoms with Crippen molar-refractivity contribution < 1.29 is 9.47 Å². The average Bonchev–Trinajstić information content (AvgIpc) is 2.53. The summed E-state index contributed by atoms with van der Waals surface area (Å²) in [7, 11) is 0. The number of benzene rings is 3. The van der Waals surface area contributed by atoms with E-state index in [0.717, 1.165) is 16.9 Å². The number of aryl methyl sites for hydroxylation is 1. The third-order valence-electron chi connectivity index (χ3n) is 3.38. The Kier molecular flexibility index (Phi) is 4.06. The van der Waals surface area contributed by atoms with E-state index < -0.39 is 0 Å². The molecule has 0 aliphatic heterocycles. The highest BCUT2D eigenvalue weighted by atomic mass is 16.5. The van der Waals surface area contributed by atoms with Gasteiger partial charge in [0, 0.05) is 5.39 Å². The summed E-state index contributed by atoms with van der Waals surface area (Å²) in [5.41, 5.74) is 1.23. The predicted molar refractivity (Wildman–Crippen MR) is 86.1 cm³/mol. The normalized spacial score (nSPS) is 10.5. The van der Waals surface area contributed by atoms with Gasteiger partial charge >= 0.3 is 0 Å². The smallest absolute Gasteiger partial charge is 0.127 e. The second kappa shape index (κ2) is 6.31. The molecule has 3 aromatic rings. The summed E-state index contributed by atoms with van der Waals surface area (Å²) in [6.07, 6.45) is 0. The van der Waals surface area contributed by atoms with Gasteiger partial charge in [0.2, 0.25) is 0 Å². The molecule has 106 valence electrons. The molecule has 3 aromatic carbocycles. The Morgan fingerprint density at radius 2 is 1.43 bits per heavy atom. The zero-order chi connectivity index (χ0) is 14.5. The molecule has 0 spiro atoms. The van der Waals surface area contributed by atoms with E-state index in [1.54, 1.807) is 0 Å². The van der Waals surface area contributed by atoms with Gasteiger partial charge in [0.15, 0.2) is 0 Å². The van der Waals surface area contributed by atoms with E-state index in [-0.39, 0.29) is 0 Å². The minimum atomic E-state index is 0.530. The maximum atomic E-state index is 5.84. The second-order valence-electron chi connectivity index (χ2n) is 4.99. The molecule has 2 nitrogen and oxygen atoms in total. The van der Waals surface area contributed by atoms with Crippen LogP contribution in [0.4, 0.5) is 0 Å².